The molecule has 50 heavy (non-hydrogen) atoms. The highest BCUT2D eigenvalue weighted by molar-refractivity contribution is 6.35. The third kappa shape index (κ3) is 5.45. The Bertz CT molecular complexity index is 2260. The summed E-state index contributed by atoms with van der Waals surface area (Å²) in [6.07, 6.45) is 6.56. The lowest BCUT2D eigenvalue weighted by Crippen LogP contribution is -2.29. The van der Waals surface area contributed by atoms with Crippen LogP contribution in [0.2, 0.25) is 0 Å². The number of hydrogen-bond donors (Lipinski definition) is 1. The number of carbonyl (C=O) groups excluding carboxylic acids is 4. The summed E-state index contributed by atoms with van der Waals surface area (Å²) in [6, 6.07) is 31.6. The van der Waals surface area contributed by atoms with Gasteiger partial charge >= 0.3 is 0 Å². The molecule has 0 saturated carbocycles. The van der Waals surface area contributed by atoms with E-state index in [4.69, 9.17) is 9.47 Å². The Morgan fingerprint density at radius 3 is 1.94 bits per heavy atom. The average Bonchev–Trinajstić information content (AvgIpc) is 3.55. The second-order valence-corrected chi connectivity index (χ2v) is 12.0. The van der Waals surface area contributed by atoms with Crippen molar-refractivity contribution in [1.29, 1.82) is 0 Å². The van der Waals surface area contributed by atoms with Crippen LogP contribution in [0.5, 0.6) is 17.2 Å². The van der Waals surface area contributed by atoms with Gasteiger partial charge in [0.05, 0.1) is 16.8 Å². The number of para-hydroxylation sites is 1. The summed E-state index contributed by atoms with van der Waals surface area (Å²) in [5, 5.41) is 11.1. The van der Waals surface area contributed by atoms with Gasteiger partial charge in [0, 0.05) is 27.9 Å². The lowest BCUT2D eigenvalue weighted by Gasteiger charge is -2.21. The number of hydrogen-bond acceptors (Lipinski definition) is 7. The zero-order chi connectivity index (χ0) is 34.4. The van der Waals surface area contributed by atoms with Crippen molar-refractivity contribution in [3.8, 4) is 17.2 Å². The van der Waals surface area contributed by atoms with E-state index in [-0.39, 0.29) is 27.8 Å². The molecule has 5 aromatic carbocycles. The summed E-state index contributed by atoms with van der Waals surface area (Å²) in [5.74, 6) is 0.603. The third-order valence-corrected chi connectivity index (χ3v) is 8.82. The van der Waals surface area contributed by atoms with Crippen molar-refractivity contribution >= 4 is 34.9 Å². The number of ketones is 1. The molecule has 1 aliphatic carbocycles. The Labute approximate surface area is 286 Å². The van der Waals surface area contributed by atoms with Crippen molar-refractivity contribution < 1.29 is 33.8 Å². The average molecular weight is 661 g/mol. The number of carbonyl (C=O) groups is 4. The zero-order valence-corrected chi connectivity index (χ0v) is 26.5. The molecule has 1 unspecified atom stereocenters. The first-order chi connectivity index (χ1) is 24.4. The van der Waals surface area contributed by atoms with E-state index in [0.29, 0.717) is 34.2 Å². The predicted molar refractivity (Wildman–Crippen MR) is 186 cm³/mol. The molecule has 3 aliphatic rings. The molecule has 0 radical (unpaired) electrons. The standard InChI is InChI=1S/C41H28N2O7/c44-37(25-11-21-33-35(23-25)40(47)42(38(33)45)27-13-17-31(18-14-27)49-29-7-3-1-4-8-29)26-12-22-34-36(24-26)41(48)43(39(34)46)28-15-19-32(20-16-28)50-30-9-5-2-6-10-30/h1,3-5,7-24,38,45H,2,6H2. The fourth-order valence-electron chi connectivity index (χ4n) is 6.29. The molecule has 5 aromatic rings. The largest absolute Gasteiger partial charge is 0.458 e. The molecule has 0 spiro atoms. The molecule has 3 amide bonds. The fraction of sp³-hybridized carbons (Fsp3) is 0.0732. The SMILES string of the molecule is O=C(c1ccc2c(c1)C(=O)N(c1ccc(OC3=CCCC=C3)cc1)C2=O)c1ccc2c(c1)C(=O)N(c1ccc(Oc3ccccc3)cc1)C2O. The number of anilines is 2. The molecule has 0 saturated heterocycles. The lowest BCUT2D eigenvalue weighted by atomic mass is 9.96. The van der Waals surface area contributed by atoms with Crippen LogP contribution in [-0.2, 0) is 0 Å². The van der Waals surface area contributed by atoms with Crippen molar-refractivity contribution in [2.45, 2.75) is 19.1 Å². The van der Waals surface area contributed by atoms with Crippen LogP contribution in [0, 0.1) is 0 Å². The number of allylic oxidation sites excluding steroid dienone is 3. The van der Waals surface area contributed by atoms with E-state index in [1.165, 1.54) is 35.2 Å². The van der Waals surface area contributed by atoms with Gasteiger partial charge < -0.3 is 14.6 Å². The van der Waals surface area contributed by atoms with E-state index in [2.05, 4.69) is 0 Å². The van der Waals surface area contributed by atoms with Crippen molar-refractivity contribution in [2.24, 2.45) is 0 Å². The van der Waals surface area contributed by atoms with E-state index in [9.17, 15) is 24.3 Å². The van der Waals surface area contributed by atoms with Gasteiger partial charge in [0.15, 0.2) is 12.0 Å². The lowest BCUT2D eigenvalue weighted by molar-refractivity contribution is 0.0917. The number of imide groups is 1. The minimum atomic E-state index is -1.25. The number of aliphatic hydroxyl groups excluding tert-OH is 1. The van der Waals surface area contributed by atoms with Gasteiger partial charge in [0.2, 0.25) is 0 Å². The summed E-state index contributed by atoms with van der Waals surface area (Å²) in [4.78, 5) is 56.3. The first kappa shape index (κ1) is 30.7. The highest BCUT2D eigenvalue weighted by Gasteiger charge is 2.39. The molecule has 1 N–H and O–H groups in total. The summed E-state index contributed by atoms with van der Waals surface area (Å²) in [5.41, 5.74) is 2.07. The molecular weight excluding hydrogens is 632 g/mol. The maximum Gasteiger partial charge on any atom is 0.266 e. The Morgan fingerprint density at radius 2 is 1.24 bits per heavy atom. The van der Waals surface area contributed by atoms with Gasteiger partial charge in [-0.3, -0.25) is 24.1 Å². The number of fused-ring (bicyclic) bond motifs is 2. The van der Waals surface area contributed by atoms with Gasteiger partial charge in [0.25, 0.3) is 17.7 Å². The summed E-state index contributed by atoms with van der Waals surface area (Å²) in [6.45, 7) is 0. The summed E-state index contributed by atoms with van der Waals surface area (Å²) < 4.78 is 11.7. The first-order valence-electron chi connectivity index (χ1n) is 16.1. The Balaban J connectivity index is 0.992. The number of rotatable bonds is 8. The topological polar surface area (TPSA) is 113 Å². The van der Waals surface area contributed by atoms with Crippen LogP contribution in [0.4, 0.5) is 11.4 Å². The van der Waals surface area contributed by atoms with Crippen LogP contribution < -0.4 is 19.3 Å². The van der Waals surface area contributed by atoms with Crippen LogP contribution >= 0.6 is 0 Å². The van der Waals surface area contributed by atoms with Crippen molar-refractivity contribution in [2.75, 3.05) is 9.80 Å². The number of ether oxygens (including phenoxy) is 2. The van der Waals surface area contributed by atoms with E-state index in [0.717, 1.165) is 23.5 Å². The normalized spacial score (nSPS) is 16.3. The maximum atomic E-state index is 13.7. The minimum absolute atomic E-state index is 0.109. The molecule has 2 aliphatic heterocycles. The van der Waals surface area contributed by atoms with Crippen molar-refractivity contribution in [3.63, 3.8) is 0 Å². The molecule has 1 atom stereocenters. The highest BCUT2D eigenvalue weighted by Crippen LogP contribution is 2.38. The van der Waals surface area contributed by atoms with E-state index >= 15 is 0 Å². The first-order valence-corrected chi connectivity index (χ1v) is 16.1. The van der Waals surface area contributed by atoms with Gasteiger partial charge in [-0.15, -0.1) is 0 Å². The predicted octanol–water partition coefficient (Wildman–Crippen LogP) is 7.77. The number of benzene rings is 5. The third-order valence-electron chi connectivity index (χ3n) is 8.82. The van der Waals surface area contributed by atoms with Crippen LogP contribution in [0.1, 0.15) is 71.6 Å². The second kappa shape index (κ2) is 12.5. The molecule has 244 valence electrons. The molecule has 0 aromatic heterocycles. The van der Waals surface area contributed by atoms with Crippen LogP contribution in [-0.4, -0.2) is 28.6 Å². The van der Waals surface area contributed by atoms with Crippen LogP contribution in [0.3, 0.4) is 0 Å². The minimum Gasteiger partial charge on any atom is -0.458 e. The molecule has 2 heterocycles. The monoisotopic (exact) mass is 660 g/mol. The maximum absolute atomic E-state index is 13.7. The molecule has 0 bridgehead atoms. The van der Waals surface area contributed by atoms with Crippen molar-refractivity contribution in [3.05, 3.63) is 173 Å². The molecule has 8 rings (SSSR count). The van der Waals surface area contributed by atoms with Gasteiger partial charge in [-0.1, -0.05) is 42.5 Å². The van der Waals surface area contributed by atoms with Gasteiger partial charge in [-0.2, -0.15) is 0 Å². The van der Waals surface area contributed by atoms with Gasteiger partial charge in [0.1, 0.15) is 23.0 Å². The summed E-state index contributed by atoms with van der Waals surface area (Å²) in [7, 11) is 0. The Hall–Kier alpha value is -6.58. The summed E-state index contributed by atoms with van der Waals surface area (Å²) >= 11 is 0. The smallest absolute Gasteiger partial charge is 0.266 e. The molecule has 0 fully saturated rings. The highest BCUT2D eigenvalue weighted by atomic mass is 16.5. The van der Waals surface area contributed by atoms with Crippen molar-refractivity contribution in [1.82, 2.24) is 0 Å². The van der Waals surface area contributed by atoms with Crippen LogP contribution in [0.25, 0.3) is 0 Å². The molecular formula is C41H28N2O7. The van der Waals surface area contributed by atoms with Gasteiger partial charge in [-0.05, 0) is 104 Å². The Kier molecular flexibility index (Phi) is 7.66. The second-order valence-electron chi connectivity index (χ2n) is 12.0. The Morgan fingerprint density at radius 1 is 0.620 bits per heavy atom. The molecule has 9 heteroatoms. The molecule has 9 nitrogen and oxygen atoms in total. The zero-order valence-electron chi connectivity index (χ0n) is 26.5. The van der Waals surface area contributed by atoms with Gasteiger partial charge in [-0.25, -0.2) is 4.90 Å². The van der Waals surface area contributed by atoms with Crippen LogP contribution in [0.15, 0.2) is 139 Å². The number of amides is 3. The fourth-order valence-corrected chi connectivity index (χ4v) is 6.29. The van der Waals surface area contributed by atoms with E-state index in [1.807, 2.05) is 48.6 Å². The van der Waals surface area contributed by atoms with E-state index in [1.54, 1.807) is 54.6 Å². The number of nitrogens with zero attached hydrogens (tertiary/aromatic N) is 2. The number of aliphatic hydroxyl groups is 1. The van der Waals surface area contributed by atoms with E-state index < -0.39 is 29.7 Å². The quantitative estimate of drug-likeness (QED) is 0.134.